The van der Waals surface area contributed by atoms with Crippen molar-refractivity contribution in [2.24, 2.45) is 0 Å². The summed E-state index contributed by atoms with van der Waals surface area (Å²) in [7, 11) is 0. The maximum Gasteiger partial charge on any atom is 0.226 e. The van der Waals surface area contributed by atoms with Crippen molar-refractivity contribution in [3.05, 3.63) is 41.7 Å². The number of aromatic nitrogens is 4. The van der Waals surface area contributed by atoms with Crippen LogP contribution in [0.1, 0.15) is 0 Å². The molecule has 2 aromatic heterocycles. The standard InChI is InChI=1S/C15H14ClFN6/c16-15-20-13-12(18-9-19-13)14(21-15)23-7-5-22(6-8-23)11-3-1-10(17)2-4-11/h1-4,9H,5-8H2,(H,18,19,20,21). The van der Waals surface area contributed by atoms with Crippen LogP contribution in [0, 0.1) is 5.82 Å². The van der Waals surface area contributed by atoms with Crippen LogP contribution in [0.25, 0.3) is 11.2 Å². The Kier molecular flexibility index (Phi) is 3.49. The summed E-state index contributed by atoms with van der Waals surface area (Å²) in [5, 5.41) is 0.195. The van der Waals surface area contributed by atoms with Crippen LogP contribution in [-0.4, -0.2) is 46.1 Å². The lowest BCUT2D eigenvalue weighted by Crippen LogP contribution is -2.47. The Morgan fingerprint density at radius 2 is 1.70 bits per heavy atom. The molecule has 1 saturated heterocycles. The van der Waals surface area contributed by atoms with Gasteiger partial charge in [-0.15, -0.1) is 0 Å². The second-order valence-corrected chi connectivity index (χ2v) is 5.71. The third kappa shape index (κ3) is 2.68. The number of nitrogens with zero attached hydrogens (tertiary/aromatic N) is 5. The molecule has 0 saturated carbocycles. The Hall–Kier alpha value is -2.41. The topological polar surface area (TPSA) is 60.9 Å². The van der Waals surface area contributed by atoms with Gasteiger partial charge in [0, 0.05) is 31.9 Å². The van der Waals surface area contributed by atoms with Crippen molar-refractivity contribution in [2.75, 3.05) is 36.0 Å². The number of piperazine rings is 1. The maximum absolute atomic E-state index is 13.0. The molecule has 0 atom stereocenters. The van der Waals surface area contributed by atoms with Gasteiger partial charge in [0.2, 0.25) is 5.28 Å². The van der Waals surface area contributed by atoms with Crippen LogP contribution in [0.2, 0.25) is 5.28 Å². The Morgan fingerprint density at radius 1 is 1.00 bits per heavy atom. The van der Waals surface area contributed by atoms with Crippen LogP contribution in [0.5, 0.6) is 0 Å². The lowest BCUT2D eigenvalue weighted by molar-refractivity contribution is 0.624. The van der Waals surface area contributed by atoms with Crippen molar-refractivity contribution in [2.45, 2.75) is 0 Å². The number of aromatic amines is 1. The number of fused-ring (bicyclic) bond motifs is 1. The monoisotopic (exact) mass is 332 g/mol. The summed E-state index contributed by atoms with van der Waals surface area (Å²) in [5.41, 5.74) is 2.39. The first-order chi connectivity index (χ1) is 11.2. The van der Waals surface area contributed by atoms with E-state index in [1.165, 1.54) is 12.1 Å². The number of hydrogen-bond donors (Lipinski definition) is 1. The lowest BCUT2D eigenvalue weighted by atomic mass is 10.2. The summed E-state index contributed by atoms with van der Waals surface area (Å²) in [5.74, 6) is 0.556. The van der Waals surface area contributed by atoms with Crippen LogP contribution in [0.4, 0.5) is 15.9 Å². The van der Waals surface area contributed by atoms with Gasteiger partial charge < -0.3 is 14.8 Å². The predicted molar refractivity (Wildman–Crippen MR) is 87.5 cm³/mol. The minimum Gasteiger partial charge on any atom is -0.368 e. The van der Waals surface area contributed by atoms with Gasteiger partial charge in [0.05, 0.1) is 6.33 Å². The Bertz CT molecular complexity index is 826. The molecule has 0 unspecified atom stereocenters. The quantitative estimate of drug-likeness (QED) is 0.730. The van der Waals surface area contributed by atoms with Gasteiger partial charge in [-0.05, 0) is 35.9 Å². The Labute approximate surface area is 136 Å². The zero-order chi connectivity index (χ0) is 15.8. The van der Waals surface area contributed by atoms with Gasteiger partial charge in [-0.25, -0.2) is 9.37 Å². The zero-order valence-corrected chi connectivity index (χ0v) is 13.0. The predicted octanol–water partition coefficient (Wildman–Crippen LogP) is 2.47. The van der Waals surface area contributed by atoms with Crippen molar-refractivity contribution < 1.29 is 4.39 Å². The molecule has 1 aliphatic rings. The van der Waals surface area contributed by atoms with E-state index in [2.05, 4.69) is 29.7 Å². The van der Waals surface area contributed by atoms with Crippen LogP contribution >= 0.6 is 11.6 Å². The third-order valence-electron chi connectivity index (χ3n) is 4.01. The van der Waals surface area contributed by atoms with E-state index in [1.807, 2.05) is 0 Å². The number of imidazole rings is 1. The van der Waals surface area contributed by atoms with E-state index in [-0.39, 0.29) is 11.1 Å². The Morgan fingerprint density at radius 3 is 2.43 bits per heavy atom. The molecule has 3 aromatic rings. The highest BCUT2D eigenvalue weighted by atomic mass is 35.5. The number of nitrogens with one attached hydrogen (secondary N) is 1. The van der Waals surface area contributed by atoms with E-state index in [9.17, 15) is 4.39 Å². The Balaban J connectivity index is 1.55. The molecule has 8 heteroatoms. The van der Waals surface area contributed by atoms with E-state index >= 15 is 0 Å². The molecule has 0 bridgehead atoms. The molecule has 6 nitrogen and oxygen atoms in total. The van der Waals surface area contributed by atoms with Crippen LogP contribution in [0.15, 0.2) is 30.6 Å². The summed E-state index contributed by atoms with van der Waals surface area (Å²) in [6.07, 6.45) is 1.59. The average Bonchev–Trinajstić information content (AvgIpc) is 3.03. The average molecular weight is 333 g/mol. The fraction of sp³-hybridized carbons (Fsp3) is 0.267. The lowest BCUT2D eigenvalue weighted by Gasteiger charge is -2.36. The van der Waals surface area contributed by atoms with Crippen molar-refractivity contribution >= 4 is 34.3 Å². The summed E-state index contributed by atoms with van der Waals surface area (Å²) >= 11 is 5.99. The number of hydrogen-bond acceptors (Lipinski definition) is 5. The van der Waals surface area contributed by atoms with Crippen LogP contribution < -0.4 is 9.80 Å². The molecule has 0 spiro atoms. The van der Waals surface area contributed by atoms with E-state index in [1.54, 1.807) is 18.5 Å². The van der Waals surface area contributed by atoms with Crippen molar-refractivity contribution in [3.63, 3.8) is 0 Å². The van der Waals surface area contributed by atoms with E-state index in [0.29, 0.717) is 5.65 Å². The maximum atomic E-state index is 13.0. The van der Waals surface area contributed by atoms with Gasteiger partial charge >= 0.3 is 0 Å². The largest absolute Gasteiger partial charge is 0.368 e. The van der Waals surface area contributed by atoms with Gasteiger partial charge in [0.15, 0.2) is 11.5 Å². The number of anilines is 2. The van der Waals surface area contributed by atoms with E-state index in [4.69, 9.17) is 11.6 Å². The first kappa shape index (κ1) is 14.2. The first-order valence-electron chi connectivity index (χ1n) is 7.33. The molecular formula is C15H14ClFN6. The van der Waals surface area contributed by atoms with Crippen molar-refractivity contribution in [1.82, 2.24) is 19.9 Å². The molecule has 118 valence electrons. The molecule has 1 fully saturated rings. The van der Waals surface area contributed by atoms with Gasteiger partial charge in [-0.1, -0.05) is 0 Å². The molecule has 1 N–H and O–H groups in total. The molecule has 23 heavy (non-hydrogen) atoms. The van der Waals surface area contributed by atoms with Crippen LogP contribution in [0.3, 0.4) is 0 Å². The second-order valence-electron chi connectivity index (χ2n) is 5.37. The second kappa shape index (κ2) is 5.66. The summed E-state index contributed by atoms with van der Waals surface area (Å²) in [4.78, 5) is 20.0. The fourth-order valence-electron chi connectivity index (χ4n) is 2.85. The fourth-order valence-corrected chi connectivity index (χ4v) is 3.01. The summed E-state index contributed by atoms with van der Waals surface area (Å²) in [6.45, 7) is 3.23. The molecule has 4 rings (SSSR count). The highest BCUT2D eigenvalue weighted by Crippen LogP contribution is 2.25. The molecule has 0 amide bonds. The third-order valence-corrected chi connectivity index (χ3v) is 4.18. The van der Waals surface area contributed by atoms with Crippen LogP contribution in [-0.2, 0) is 0 Å². The molecule has 1 aromatic carbocycles. The van der Waals surface area contributed by atoms with Gasteiger partial charge in [0.1, 0.15) is 11.3 Å². The van der Waals surface area contributed by atoms with Gasteiger partial charge in [-0.2, -0.15) is 9.97 Å². The smallest absolute Gasteiger partial charge is 0.226 e. The first-order valence-corrected chi connectivity index (χ1v) is 7.70. The molecule has 0 radical (unpaired) electrons. The number of H-pyrrole nitrogens is 1. The number of benzene rings is 1. The highest BCUT2D eigenvalue weighted by Gasteiger charge is 2.21. The van der Waals surface area contributed by atoms with E-state index in [0.717, 1.165) is 43.2 Å². The van der Waals surface area contributed by atoms with E-state index < -0.39 is 0 Å². The minimum absolute atomic E-state index is 0.195. The number of halogens is 2. The van der Waals surface area contributed by atoms with Crippen molar-refractivity contribution in [1.29, 1.82) is 0 Å². The van der Waals surface area contributed by atoms with Gasteiger partial charge in [0.25, 0.3) is 0 Å². The molecular weight excluding hydrogens is 319 g/mol. The van der Waals surface area contributed by atoms with Crippen molar-refractivity contribution in [3.8, 4) is 0 Å². The molecule has 1 aliphatic heterocycles. The van der Waals surface area contributed by atoms with Gasteiger partial charge in [-0.3, -0.25) is 0 Å². The normalized spacial score (nSPS) is 15.4. The summed E-state index contributed by atoms with van der Waals surface area (Å²) in [6, 6.07) is 6.58. The SMILES string of the molecule is Fc1ccc(N2CCN(c3nc(Cl)nc4nc[nH]c34)CC2)cc1. The molecule has 0 aliphatic carbocycles. The zero-order valence-electron chi connectivity index (χ0n) is 12.2. The number of rotatable bonds is 2. The summed E-state index contributed by atoms with van der Waals surface area (Å²) < 4.78 is 13.0. The highest BCUT2D eigenvalue weighted by molar-refractivity contribution is 6.28. The molecule has 3 heterocycles. The minimum atomic E-state index is -0.218.